The number of hydrogen-bond acceptors (Lipinski definition) is 2. The summed E-state index contributed by atoms with van der Waals surface area (Å²) in [6, 6.07) is 8.83. The SMILES string of the molecule is CC1=C(C)CN(C2CCN(C(=O)c3ccc(C(C)(C)C)cc3)CC2)CC1. The molecule has 1 amide bonds. The summed E-state index contributed by atoms with van der Waals surface area (Å²) in [5.41, 5.74) is 5.32. The number of hydrogen-bond donors (Lipinski definition) is 0. The standard InChI is InChI=1S/C23H34N2O/c1-17-10-13-25(16-18(17)2)21-11-14-24(15-12-21)22(26)19-6-8-20(9-7-19)23(3,4)5/h6-9,21H,10-16H2,1-5H3. The summed E-state index contributed by atoms with van der Waals surface area (Å²) in [6.07, 6.45) is 3.39. The van der Waals surface area contributed by atoms with Gasteiger partial charge in [0.05, 0.1) is 0 Å². The minimum Gasteiger partial charge on any atom is -0.339 e. The molecule has 0 spiro atoms. The molecule has 0 saturated carbocycles. The molecule has 0 atom stereocenters. The largest absolute Gasteiger partial charge is 0.339 e. The third-order valence-corrected chi connectivity index (χ3v) is 6.21. The number of rotatable bonds is 2. The second-order valence-corrected chi connectivity index (χ2v) is 9.13. The van der Waals surface area contributed by atoms with Crippen LogP contribution in [-0.2, 0) is 5.41 Å². The minimum atomic E-state index is 0.124. The summed E-state index contributed by atoms with van der Waals surface area (Å²) in [6.45, 7) is 15.2. The molecule has 0 bridgehead atoms. The Morgan fingerprint density at radius 2 is 1.58 bits per heavy atom. The smallest absolute Gasteiger partial charge is 0.253 e. The van der Waals surface area contributed by atoms with Crippen LogP contribution < -0.4 is 0 Å². The molecule has 0 aromatic heterocycles. The highest BCUT2D eigenvalue weighted by Crippen LogP contribution is 2.26. The van der Waals surface area contributed by atoms with E-state index in [1.807, 2.05) is 17.0 Å². The van der Waals surface area contributed by atoms with Crippen molar-refractivity contribution in [2.24, 2.45) is 0 Å². The van der Waals surface area contributed by atoms with E-state index in [0.29, 0.717) is 6.04 Å². The third-order valence-electron chi connectivity index (χ3n) is 6.21. The normalized spacial score (nSPS) is 20.6. The predicted molar refractivity (Wildman–Crippen MR) is 109 cm³/mol. The van der Waals surface area contributed by atoms with Crippen LogP contribution >= 0.6 is 0 Å². The molecular weight excluding hydrogens is 320 g/mol. The van der Waals surface area contributed by atoms with Crippen LogP contribution in [0.3, 0.4) is 0 Å². The van der Waals surface area contributed by atoms with Crippen molar-refractivity contribution in [3.63, 3.8) is 0 Å². The third kappa shape index (κ3) is 4.20. The topological polar surface area (TPSA) is 23.6 Å². The van der Waals surface area contributed by atoms with E-state index < -0.39 is 0 Å². The van der Waals surface area contributed by atoms with Gasteiger partial charge in [0.2, 0.25) is 0 Å². The van der Waals surface area contributed by atoms with Crippen molar-refractivity contribution in [1.29, 1.82) is 0 Å². The molecule has 0 N–H and O–H groups in total. The first-order chi connectivity index (χ1) is 12.3. The number of benzene rings is 1. The Morgan fingerprint density at radius 3 is 2.12 bits per heavy atom. The van der Waals surface area contributed by atoms with E-state index in [-0.39, 0.29) is 11.3 Å². The number of amides is 1. The van der Waals surface area contributed by atoms with Gasteiger partial charge in [0, 0.05) is 37.8 Å². The molecule has 2 aliphatic rings. The van der Waals surface area contributed by atoms with Gasteiger partial charge in [-0.05, 0) is 56.2 Å². The molecule has 142 valence electrons. The Labute approximate surface area is 159 Å². The Bertz CT molecular complexity index is 673. The molecule has 3 heteroatoms. The lowest BCUT2D eigenvalue weighted by atomic mass is 9.86. The van der Waals surface area contributed by atoms with Gasteiger partial charge in [0.25, 0.3) is 5.91 Å². The molecule has 26 heavy (non-hydrogen) atoms. The molecule has 2 aliphatic heterocycles. The second-order valence-electron chi connectivity index (χ2n) is 9.13. The van der Waals surface area contributed by atoms with Gasteiger partial charge in [0.15, 0.2) is 0 Å². The van der Waals surface area contributed by atoms with E-state index >= 15 is 0 Å². The van der Waals surface area contributed by atoms with Crippen LogP contribution in [0.4, 0.5) is 0 Å². The van der Waals surface area contributed by atoms with Crippen LogP contribution in [0.5, 0.6) is 0 Å². The first kappa shape index (κ1) is 19.2. The van der Waals surface area contributed by atoms with Crippen LogP contribution in [0, 0.1) is 0 Å². The molecule has 0 unspecified atom stereocenters. The van der Waals surface area contributed by atoms with E-state index in [2.05, 4.69) is 51.7 Å². The highest BCUT2D eigenvalue weighted by atomic mass is 16.2. The van der Waals surface area contributed by atoms with Crippen LogP contribution in [0.25, 0.3) is 0 Å². The summed E-state index contributed by atoms with van der Waals surface area (Å²) >= 11 is 0. The van der Waals surface area contributed by atoms with Gasteiger partial charge < -0.3 is 4.90 Å². The van der Waals surface area contributed by atoms with Crippen molar-refractivity contribution < 1.29 is 4.79 Å². The molecule has 0 radical (unpaired) electrons. The fourth-order valence-electron chi connectivity index (χ4n) is 4.08. The van der Waals surface area contributed by atoms with Crippen LogP contribution in [0.1, 0.15) is 69.8 Å². The van der Waals surface area contributed by atoms with E-state index in [1.165, 1.54) is 24.1 Å². The summed E-state index contributed by atoms with van der Waals surface area (Å²) in [4.78, 5) is 17.5. The molecule has 3 nitrogen and oxygen atoms in total. The van der Waals surface area contributed by atoms with E-state index in [0.717, 1.165) is 38.0 Å². The monoisotopic (exact) mass is 354 g/mol. The van der Waals surface area contributed by atoms with E-state index in [1.54, 1.807) is 5.57 Å². The van der Waals surface area contributed by atoms with Gasteiger partial charge in [-0.1, -0.05) is 44.1 Å². The first-order valence-corrected chi connectivity index (χ1v) is 10.0. The lowest BCUT2D eigenvalue weighted by Crippen LogP contribution is -2.48. The second kappa shape index (κ2) is 7.56. The molecule has 0 aliphatic carbocycles. The Kier molecular flexibility index (Phi) is 5.57. The van der Waals surface area contributed by atoms with E-state index in [9.17, 15) is 4.79 Å². The van der Waals surface area contributed by atoms with Gasteiger partial charge in [-0.25, -0.2) is 0 Å². The highest BCUT2D eigenvalue weighted by molar-refractivity contribution is 5.94. The van der Waals surface area contributed by atoms with Crippen molar-refractivity contribution in [1.82, 2.24) is 9.80 Å². The average Bonchev–Trinajstić information content (AvgIpc) is 2.63. The van der Waals surface area contributed by atoms with Crippen LogP contribution in [0.15, 0.2) is 35.4 Å². The fourth-order valence-corrected chi connectivity index (χ4v) is 4.08. The van der Waals surface area contributed by atoms with Crippen LogP contribution in [0.2, 0.25) is 0 Å². The average molecular weight is 355 g/mol. The number of carbonyl (C=O) groups excluding carboxylic acids is 1. The Balaban J connectivity index is 1.57. The Morgan fingerprint density at radius 1 is 0.962 bits per heavy atom. The minimum absolute atomic E-state index is 0.124. The zero-order chi connectivity index (χ0) is 18.9. The molecule has 1 saturated heterocycles. The predicted octanol–water partition coefficient (Wildman–Crippen LogP) is 4.63. The maximum atomic E-state index is 12.8. The fraction of sp³-hybridized carbons (Fsp3) is 0.609. The van der Waals surface area contributed by atoms with Crippen molar-refractivity contribution in [2.75, 3.05) is 26.2 Å². The summed E-state index contributed by atoms with van der Waals surface area (Å²) < 4.78 is 0. The van der Waals surface area contributed by atoms with Crippen molar-refractivity contribution in [3.8, 4) is 0 Å². The molecule has 1 aromatic rings. The molecule has 1 aromatic carbocycles. The summed E-state index contributed by atoms with van der Waals surface area (Å²) in [5, 5.41) is 0. The Hall–Kier alpha value is -1.61. The van der Waals surface area contributed by atoms with Crippen LogP contribution in [-0.4, -0.2) is 47.9 Å². The number of likely N-dealkylation sites (tertiary alicyclic amines) is 1. The van der Waals surface area contributed by atoms with Crippen molar-refractivity contribution in [3.05, 3.63) is 46.5 Å². The van der Waals surface area contributed by atoms with Crippen molar-refractivity contribution in [2.45, 2.75) is 65.3 Å². The quantitative estimate of drug-likeness (QED) is 0.723. The summed E-state index contributed by atoms with van der Waals surface area (Å²) in [5.74, 6) is 0.189. The maximum absolute atomic E-state index is 12.8. The van der Waals surface area contributed by atoms with Gasteiger partial charge in [-0.2, -0.15) is 0 Å². The molecule has 3 rings (SSSR count). The van der Waals surface area contributed by atoms with Gasteiger partial charge in [0.1, 0.15) is 0 Å². The van der Waals surface area contributed by atoms with Crippen molar-refractivity contribution >= 4 is 5.91 Å². The lowest BCUT2D eigenvalue weighted by molar-refractivity contribution is 0.0624. The molecular formula is C23H34N2O. The number of piperidine rings is 1. The maximum Gasteiger partial charge on any atom is 0.253 e. The molecule has 1 fully saturated rings. The lowest BCUT2D eigenvalue weighted by Gasteiger charge is -2.40. The van der Waals surface area contributed by atoms with Gasteiger partial charge >= 0.3 is 0 Å². The zero-order valence-electron chi connectivity index (χ0n) is 17.1. The summed E-state index contributed by atoms with van der Waals surface area (Å²) in [7, 11) is 0. The van der Waals surface area contributed by atoms with Gasteiger partial charge in [-0.3, -0.25) is 9.69 Å². The number of nitrogens with zero attached hydrogens (tertiary/aromatic N) is 2. The van der Waals surface area contributed by atoms with Gasteiger partial charge in [-0.15, -0.1) is 0 Å². The highest BCUT2D eigenvalue weighted by Gasteiger charge is 2.29. The van der Waals surface area contributed by atoms with E-state index in [4.69, 9.17) is 0 Å². The number of carbonyl (C=O) groups is 1. The first-order valence-electron chi connectivity index (χ1n) is 10.0. The molecule has 2 heterocycles. The zero-order valence-corrected chi connectivity index (χ0v) is 17.1.